The Morgan fingerprint density at radius 3 is 2.83 bits per heavy atom. The van der Waals surface area contributed by atoms with Crippen LogP contribution in [0.1, 0.15) is 44.5 Å². The molecule has 0 radical (unpaired) electrons. The van der Waals surface area contributed by atoms with Crippen molar-refractivity contribution in [2.45, 2.75) is 69.5 Å². The largest absolute Gasteiger partial charge is 0.388 e. The van der Waals surface area contributed by atoms with Crippen LogP contribution in [-0.2, 0) is 23.7 Å². The maximum Gasteiger partial charge on any atom is 0.220 e. The van der Waals surface area contributed by atoms with Crippen LogP contribution in [0.2, 0.25) is 0 Å². The van der Waals surface area contributed by atoms with E-state index in [1.54, 1.807) is 6.08 Å². The Hall–Kier alpha value is -1.77. The van der Waals surface area contributed by atoms with Gasteiger partial charge in [0, 0.05) is 12.0 Å². The molecule has 0 unspecified atom stereocenters. The van der Waals surface area contributed by atoms with E-state index in [2.05, 4.69) is 18.8 Å². The topological polar surface area (TPSA) is 86.2 Å². The molecule has 0 saturated carbocycles. The molecule has 0 spiro atoms. The Morgan fingerprint density at radius 2 is 2.10 bits per heavy atom. The number of ether oxygens (including phenoxy) is 4. The second kappa shape index (κ2) is 10.8. The monoisotopic (exact) mass is 405 g/mol. The number of aliphatic hydroxyl groups is 1. The van der Waals surface area contributed by atoms with Crippen LogP contribution < -0.4 is 5.32 Å². The Morgan fingerprint density at radius 1 is 1.31 bits per heavy atom. The normalized spacial score (nSPS) is 31.7. The van der Waals surface area contributed by atoms with Gasteiger partial charge >= 0.3 is 0 Å². The van der Waals surface area contributed by atoms with Gasteiger partial charge in [-0.05, 0) is 6.42 Å². The number of hydrogen-bond donors (Lipinski definition) is 2. The quantitative estimate of drug-likeness (QED) is 0.485. The third-order valence-corrected chi connectivity index (χ3v) is 5.15. The van der Waals surface area contributed by atoms with Gasteiger partial charge in [-0.25, -0.2) is 0 Å². The van der Waals surface area contributed by atoms with Crippen LogP contribution >= 0.6 is 0 Å². The Kier molecular flexibility index (Phi) is 8.20. The highest BCUT2D eigenvalue weighted by atomic mass is 16.7. The molecule has 6 atom stereocenters. The summed E-state index contributed by atoms with van der Waals surface area (Å²) in [6.45, 7) is 6.23. The van der Waals surface area contributed by atoms with E-state index in [1.807, 2.05) is 30.3 Å². The third kappa shape index (κ3) is 5.65. The number of hydrogen-bond acceptors (Lipinski definition) is 6. The lowest BCUT2D eigenvalue weighted by Gasteiger charge is -2.47. The summed E-state index contributed by atoms with van der Waals surface area (Å²) in [5, 5.41) is 13.9. The molecule has 7 nitrogen and oxygen atoms in total. The molecule has 0 bridgehead atoms. The molecule has 1 amide bonds. The lowest BCUT2D eigenvalue weighted by atomic mass is 9.95. The number of amides is 1. The number of fused-ring (bicyclic) bond motifs is 1. The molecule has 29 heavy (non-hydrogen) atoms. The van der Waals surface area contributed by atoms with Crippen molar-refractivity contribution in [3.8, 4) is 0 Å². The average molecular weight is 405 g/mol. The minimum atomic E-state index is -0.992. The van der Waals surface area contributed by atoms with Crippen LogP contribution in [-0.4, -0.2) is 54.9 Å². The van der Waals surface area contributed by atoms with E-state index in [-0.39, 0.29) is 19.1 Å². The molecule has 2 aliphatic rings. The molecule has 7 heteroatoms. The molecule has 2 heterocycles. The molecule has 1 aromatic rings. The van der Waals surface area contributed by atoms with Gasteiger partial charge < -0.3 is 29.4 Å². The van der Waals surface area contributed by atoms with E-state index < -0.39 is 36.9 Å². The summed E-state index contributed by atoms with van der Waals surface area (Å²) in [4.78, 5) is 12.4. The van der Waals surface area contributed by atoms with Crippen molar-refractivity contribution < 1.29 is 28.8 Å². The standard InChI is InChI=1S/C22H31NO6/c1-3-5-7-12-17(24)23-18-19(25)20-16(28-22(18)26-13-4-2)14-27-21(29-20)15-10-8-6-9-11-15/h4,6,8-11,16,18-22,25H,2-3,5,7,12-14H2,1H3,(H,23,24)/t16-,18-,19-,20-,21-,22-/m1/s1. The molecule has 2 saturated heterocycles. The summed E-state index contributed by atoms with van der Waals surface area (Å²) in [5.41, 5.74) is 0.864. The second-order valence-electron chi connectivity index (χ2n) is 7.38. The first-order valence-corrected chi connectivity index (χ1v) is 10.3. The minimum absolute atomic E-state index is 0.136. The fraction of sp³-hybridized carbons (Fsp3) is 0.591. The predicted octanol–water partition coefficient (Wildman–Crippen LogP) is 2.45. The molecule has 1 aromatic carbocycles. The van der Waals surface area contributed by atoms with Crippen LogP contribution in [0.4, 0.5) is 0 Å². The highest BCUT2D eigenvalue weighted by Crippen LogP contribution is 2.34. The summed E-state index contributed by atoms with van der Waals surface area (Å²) in [6, 6.07) is 8.80. The lowest BCUT2D eigenvalue weighted by molar-refractivity contribution is -0.343. The van der Waals surface area contributed by atoms with E-state index in [0.29, 0.717) is 6.42 Å². The minimum Gasteiger partial charge on any atom is -0.388 e. The van der Waals surface area contributed by atoms with Crippen molar-refractivity contribution in [1.29, 1.82) is 0 Å². The maximum absolute atomic E-state index is 12.4. The van der Waals surface area contributed by atoms with Crippen LogP contribution in [0.25, 0.3) is 0 Å². The Labute approximate surface area is 172 Å². The molecule has 0 aliphatic carbocycles. The van der Waals surface area contributed by atoms with E-state index in [1.165, 1.54) is 0 Å². The number of carbonyl (C=O) groups excluding carboxylic acids is 1. The van der Waals surface area contributed by atoms with E-state index in [9.17, 15) is 9.90 Å². The van der Waals surface area contributed by atoms with Gasteiger partial charge in [-0.1, -0.05) is 56.2 Å². The van der Waals surface area contributed by atoms with Gasteiger partial charge in [-0.3, -0.25) is 4.79 Å². The summed E-state index contributed by atoms with van der Waals surface area (Å²) < 4.78 is 23.5. The number of unbranched alkanes of at least 4 members (excludes halogenated alkanes) is 2. The van der Waals surface area contributed by atoms with Crippen molar-refractivity contribution in [3.05, 3.63) is 48.6 Å². The van der Waals surface area contributed by atoms with Gasteiger partial charge in [-0.15, -0.1) is 6.58 Å². The number of aliphatic hydroxyl groups excluding tert-OH is 1. The van der Waals surface area contributed by atoms with E-state index in [0.717, 1.165) is 24.8 Å². The fourth-order valence-electron chi connectivity index (χ4n) is 3.62. The predicted molar refractivity (Wildman–Crippen MR) is 107 cm³/mol. The summed E-state index contributed by atoms with van der Waals surface area (Å²) in [7, 11) is 0. The number of carbonyl (C=O) groups is 1. The summed E-state index contributed by atoms with van der Waals surface area (Å²) in [6.07, 6.45) is 1.29. The smallest absolute Gasteiger partial charge is 0.220 e. The van der Waals surface area contributed by atoms with Gasteiger partial charge in [-0.2, -0.15) is 0 Å². The molecule has 160 valence electrons. The lowest BCUT2D eigenvalue weighted by Crippen LogP contribution is -2.66. The third-order valence-electron chi connectivity index (χ3n) is 5.15. The number of rotatable bonds is 9. The van der Waals surface area contributed by atoms with Crippen molar-refractivity contribution in [2.24, 2.45) is 0 Å². The molecule has 2 aliphatic heterocycles. The molecule has 2 N–H and O–H groups in total. The first kappa shape index (κ1) is 21.9. The fourth-order valence-corrected chi connectivity index (χ4v) is 3.62. The maximum atomic E-state index is 12.4. The number of benzene rings is 1. The average Bonchev–Trinajstić information content (AvgIpc) is 2.75. The van der Waals surface area contributed by atoms with Crippen LogP contribution in [0.3, 0.4) is 0 Å². The second-order valence-corrected chi connectivity index (χ2v) is 7.38. The van der Waals surface area contributed by atoms with Crippen LogP contribution in [0.15, 0.2) is 43.0 Å². The highest BCUT2D eigenvalue weighted by Gasteiger charge is 2.50. The van der Waals surface area contributed by atoms with Crippen molar-refractivity contribution in [1.82, 2.24) is 5.32 Å². The molecular weight excluding hydrogens is 374 g/mol. The zero-order valence-corrected chi connectivity index (χ0v) is 16.9. The molecular formula is C22H31NO6. The number of nitrogens with one attached hydrogen (secondary N) is 1. The first-order chi connectivity index (χ1) is 14.1. The van der Waals surface area contributed by atoms with Gasteiger partial charge in [0.15, 0.2) is 12.6 Å². The van der Waals surface area contributed by atoms with Gasteiger partial charge in [0.1, 0.15) is 24.4 Å². The van der Waals surface area contributed by atoms with Gasteiger partial charge in [0.2, 0.25) is 5.91 Å². The first-order valence-electron chi connectivity index (χ1n) is 10.3. The SMILES string of the molecule is C=CCO[C@@H]1O[C@@H]2CO[C@@H](c3ccccc3)O[C@H]2[C@H](O)[C@H]1NC(=O)CCCCC. The van der Waals surface area contributed by atoms with Crippen molar-refractivity contribution >= 4 is 5.91 Å². The van der Waals surface area contributed by atoms with Crippen LogP contribution in [0.5, 0.6) is 0 Å². The molecule has 2 fully saturated rings. The van der Waals surface area contributed by atoms with Crippen molar-refractivity contribution in [3.63, 3.8) is 0 Å². The summed E-state index contributed by atoms with van der Waals surface area (Å²) in [5.74, 6) is -0.136. The Balaban J connectivity index is 1.69. The van der Waals surface area contributed by atoms with Crippen molar-refractivity contribution in [2.75, 3.05) is 13.2 Å². The Bertz CT molecular complexity index is 654. The van der Waals surface area contributed by atoms with E-state index >= 15 is 0 Å². The zero-order valence-electron chi connectivity index (χ0n) is 16.9. The van der Waals surface area contributed by atoms with E-state index in [4.69, 9.17) is 18.9 Å². The van der Waals surface area contributed by atoms with Crippen LogP contribution in [0, 0.1) is 0 Å². The van der Waals surface area contributed by atoms with Gasteiger partial charge in [0.25, 0.3) is 0 Å². The molecule has 3 rings (SSSR count). The summed E-state index contributed by atoms with van der Waals surface area (Å²) >= 11 is 0. The molecule has 0 aromatic heterocycles. The van der Waals surface area contributed by atoms with Gasteiger partial charge in [0.05, 0.1) is 13.2 Å². The highest BCUT2D eigenvalue weighted by molar-refractivity contribution is 5.76. The zero-order chi connectivity index (χ0) is 20.6.